The number of anilines is 1. The maximum atomic E-state index is 13.2. The van der Waals surface area contributed by atoms with Gasteiger partial charge in [0.1, 0.15) is 12.1 Å². The van der Waals surface area contributed by atoms with Crippen LogP contribution in [-0.4, -0.2) is 32.3 Å². The highest BCUT2D eigenvalue weighted by atomic mass is 16.1. The summed E-state index contributed by atoms with van der Waals surface area (Å²) in [6, 6.07) is 14.7. The first-order valence-electron chi connectivity index (χ1n) is 14.0. The van der Waals surface area contributed by atoms with E-state index >= 15 is 0 Å². The minimum Gasteiger partial charge on any atom is -0.310 e. The second-order valence-electron chi connectivity index (χ2n) is 12.2. The molecule has 6 heteroatoms. The number of hydrogen-bond donors (Lipinski definition) is 1. The molecule has 1 aliphatic heterocycles. The van der Waals surface area contributed by atoms with Gasteiger partial charge in [0.2, 0.25) is 5.91 Å². The first-order chi connectivity index (χ1) is 18.1. The molecule has 4 saturated carbocycles. The minimum absolute atomic E-state index is 0.151. The molecule has 8 rings (SSSR count). The molecule has 4 fully saturated rings. The third-order valence-corrected chi connectivity index (χ3v) is 9.37. The van der Waals surface area contributed by atoms with Crippen molar-refractivity contribution in [1.82, 2.24) is 19.9 Å². The van der Waals surface area contributed by atoms with Crippen molar-refractivity contribution >= 4 is 11.7 Å². The highest BCUT2D eigenvalue weighted by Gasteiger charge is 2.51. The lowest BCUT2D eigenvalue weighted by molar-refractivity contribution is -0.124. The fourth-order valence-electron chi connectivity index (χ4n) is 8.25. The van der Waals surface area contributed by atoms with Crippen molar-refractivity contribution in [2.24, 2.45) is 23.2 Å². The topological polar surface area (TPSA) is 71.0 Å². The number of pyridine rings is 1. The van der Waals surface area contributed by atoms with Crippen LogP contribution in [-0.2, 0) is 24.3 Å². The number of fused-ring (bicyclic) bond motifs is 1. The predicted octanol–water partition coefficient (Wildman–Crippen LogP) is 5.64. The normalized spacial score (nSPS) is 28.2. The lowest BCUT2D eigenvalue weighted by Gasteiger charge is -2.56. The summed E-state index contributed by atoms with van der Waals surface area (Å²) >= 11 is 0. The van der Waals surface area contributed by atoms with Gasteiger partial charge in [0.15, 0.2) is 0 Å². The Labute approximate surface area is 218 Å². The summed E-state index contributed by atoms with van der Waals surface area (Å²) in [4.78, 5) is 29.2. The Morgan fingerprint density at radius 1 is 0.946 bits per heavy atom. The number of carbonyl (C=O) groups is 1. The Morgan fingerprint density at radius 3 is 2.41 bits per heavy atom. The van der Waals surface area contributed by atoms with E-state index in [1.165, 1.54) is 44.1 Å². The summed E-state index contributed by atoms with van der Waals surface area (Å²) in [5.74, 6) is 3.48. The Morgan fingerprint density at radius 2 is 1.70 bits per heavy atom. The number of hydrogen-bond acceptors (Lipinski definition) is 5. The summed E-state index contributed by atoms with van der Waals surface area (Å²) in [5, 5.41) is 3.22. The van der Waals surface area contributed by atoms with Crippen LogP contribution < -0.4 is 5.32 Å². The van der Waals surface area contributed by atoms with Gasteiger partial charge in [0.05, 0.1) is 11.4 Å². The summed E-state index contributed by atoms with van der Waals surface area (Å²) in [6.07, 6.45) is 13.0. The third-order valence-electron chi connectivity index (χ3n) is 9.37. The van der Waals surface area contributed by atoms with Crippen LogP contribution in [0, 0.1) is 23.2 Å². The maximum absolute atomic E-state index is 13.2. The van der Waals surface area contributed by atoms with Gasteiger partial charge in [-0.15, -0.1) is 0 Å². The lowest BCUT2D eigenvalue weighted by atomic mass is 9.49. The quantitative estimate of drug-likeness (QED) is 0.481. The van der Waals surface area contributed by atoms with Gasteiger partial charge in [0, 0.05) is 43.4 Å². The molecular formula is C31H35N5O. The van der Waals surface area contributed by atoms with Gasteiger partial charge in [0.25, 0.3) is 0 Å². The van der Waals surface area contributed by atoms with Crippen LogP contribution in [0.3, 0.4) is 0 Å². The molecule has 0 atom stereocenters. The number of amides is 1. The molecule has 3 heterocycles. The van der Waals surface area contributed by atoms with Crippen LogP contribution in [0.15, 0.2) is 55.0 Å². The highest BCUT2D eigenvalue weighted by molar-refractivity contribution is 5.91. The summed E-state index contributed by atoms with van der Waals surface area (Å²) in [5.41, 5.74) is 5.81. The number of rotatable bonds is 6. The Hall–Kier alpha value is -3.12. The molecular weight excluding hydrogens is 458 g/mol. The van der Waals surface area contributed by atoms with Crippen LogP contribution in [0.2, 0.25) is 0 Å². The SMILES string of the molecule is O=C(CC12CC3CC(CC(C3)C1)C2)Nc1ncnc2c1CCN(Cc1ccc(-c3ccccn3)cc1)C2. The molecule has 1 amide bonds. The fourth-order valence-corrected chi connectivity index (χ4v) is 8.25. The minimum atomic E-state index is 0.151. The van der Waals surface area contributed by atoms with E-state index in [1.807, 2.05) is 24.4 Å². The van der Waals surface area contributed by atoms with Gasteiger partial charge in [-0.2, -0.15) is 0 Å². The van der Waals surface area contributed by atoms with E-state index in [2.05, 4.69) is 49.4 Å². The second-order valence-corrected chi connectivity index (χ2v) is 12.2. The summed E-state index contributed by atoms with van der Waals surface area (Å²) in [7, 11) is 0. The number of nitrogens with zero attached hydrogens (tertiary/aromatic N) is 4. The van der Waals surface area contributed by atoms with E-state index in [1.54, 1.807) is 6.33 Å². The smallest absolute Gasteiger partial charge is 0.226 e. The van der Waals surface area contributed by atoms with E-state index in [0.717, 1.165) is 72.1 Å². The van der Waals surface area contributed by atoms with Crippen molar-refractivity contribution in [2.45, 2.75) is 64.5 Å². The van der Waals surface area contributed by atoms with Crippen LogP contribution >= 0.6 is 0 Å². The van der Waals surface area contributed by atoms with Crippen LogP contribution in [0.25, 0.3) is 11.3 Å². The van der Waals surface area contributed by atoms with Crippen LogP contribution in [0.1, 0.15) is 61.8 Å². The zero-order valence-corrected chi connectivity index (χ0v) is 21.4. The van der Waals surface area contributed by atoms with E-state index in [4.69, 9.17) is 0 Å². The molecule has 1 N–H and O–H groups in total. The molecule has 37 heavy (non-hydrogen) atoms. The molecule has 190 valence electrons. The average molecular weight is 494 g/mol. The molecule has 2 aromatic heterocycles. The zero-order valence-electron chi connectivity index (χ0n) is 21.4. The Kier molecular flexibility index (Phi) is 5.80. The van der Waals surface area contributed by atoms with Gasteiger partial charge in [-0.25, -0.2) is 9.97 Å². The van der Waals surface area contributed by atoms with E-state index in [-0.39, 0.29) is 11.3 Å². The third kappa shape index (κ3) is 4.68. The van der Waals surface area contributed by atoms with Crippen molar-refractivity contribution in [3.05, 3.63) is 71.8 Å². The number of benzene rings is 1. The standard InChI is InChI=1S/C31H35N5O/c37-29(17-31-14-22-11-23(15-31)13-24(12-22)16-31)35-30-26-8-10-36(19-28(26)33-20-34-30)18-21-4-6-25(7-5-21)27-3-1-2-9-32-27/h1-7,9,20,22-24H,8,10-19H2,(H,33,34,35,37). The van der Waals surface area contributed by atoms with Crippen molar-refractivity contribution in [3.63, 3.8) is 0 Å². The van der Waals surface area contributed by atoms with Crippen molar-refractivity contribution < 1.29 is 4.79 Å². The molecule has 4 aliphatic carbocycles. The molecule has 3 aromatic rings. The maximum Gasteiger partial charge on any atom is 0.226 e. The van der Waals surface area contributed by atoms with Gasteiger partial charge in [-0.3, -0.25) is 14.7 Å². The van der Waals surface area contributed by atoms with Gasteiger partial charge in [-0.05, 0) is 85.8 Å². The van der Waals surface area contributed by atoms with E-state index in [9.17, 15) is 4.79 Å². The largest absolute Gasteiger partial charge is 0.310 e. The average Bonchev–Trinajstić information content (AvgIpc) is 2.88. The number of carbonyl (C=O) groups excluding carboxylic acids is 1. The monoisotopic (exact) mass is 493 g/mol. The molecule has 0 radical (unpaired) electrons. The van der Waals surface area contributed by atoms with Crippen molar-refractivity contribution in [2.75, 3.05) is 11.9 Å². The summed E-state index contributed by atoms with van der Waals surface area (Å²) in [6.45, 7) is 2.58. The van der Waals surface area contributed by atoms with Crippen LogP contribution in [0.5, 0.6) is 0 Å². The van der Waals surface area contributed by atoms with Crippen LogP contribution in [0.4, 0.5) is 5.82 Å². The fraction of sp³-hybridized carbons (Fsp3) is 0.484. The molecule has 6 nitrogen and oxygen atoms in total. The van der Waals surface area contributed by atoms with E-state index in [0.29, 0.717) is 6.42 Å². The lowest BCUT2D eigenvalue weighted by Crippen LogP contribution is -2.47. The first kappa shape index (κ1) is 23.0. The zero-order chi connectivity index (χ0) is 24.8. The molecule has 1 aromatic carbocycles. The molecule has 0 unspecified atom stereocenters. The van der Waals surface area contributed by atoms with Gasteiger partial charge >= 0.3 is 0 Å². The first-order valence-corrected chi connectivity index (χ1v) is 14.0. The molecule has 0 saturated heterocycles. The van der Waals surface area contributed by atoms with Gasteiger partial charge < -0.3 is 5.32 Å². The molecule has 0 spiro atoms. The number of nitrogens with one attached hydrogen (secondary N) is 1. The Bertz CT molecular complexity index is 1250. The van der Waals surface area contributed by atoms with E-state index < -0.39 is 0 Å². The van der Waals surface area contributed by atoms with Crippen molar-refractivity contribution in [1.29, 1.82) is 0 Å². The van der Waals surface area contributed by atoms with Gasteiger partial charge in [-0.1, -0.05) is 30.3 Å². The van der Waals surface area contributed by atoms with Crippen molar-refractivity contribution in [3.8, 4) is 11.3 Å². The molecule has 5 aliphatic rings. The Balaban J connectivity index is 0.994. The predicted molar refractivity (Wildman–Crippen MR) is 143 cm³/mol. The second kappa shape index (κ2) is 9.32. The highest BCUT2D eigenvalue weighted by Crippen LogP contribution is 2.61. The molecule has 4 bridgehead atoms. The number of aromatic nitrogens is 3. The summed E-state index contributed by atoms with van der Waals surface area (Å²) < 4.78 is 0.